The highest BCUT2D eigenvalue weighted by Crippen LogP contribution is 2.48. The highest BCUT2D eigenvalue weighted by atomic mass is 16.8. The number of carbonyl (C=O) groups excluding carboxylic acids is 2. The number of aliphatic hydroxyl groups is 1. The van der Waals surface area contributed by atoms with E-state index in [-0.39, 0.29) is 24.5 Å². The average Bonchev–Trinajstić information content (AvgIpc) is 2.49. The standard InChI is InChI=1S/C16H29NO4/c1-11(18)17-15(8,9-12(19)13(2,3)4)10-16(20,21-17)14(5,6)7/h20H,9-10H2,1-8H3/t15-,16-/m1/s1. The van der Waals surface area contributed by atoms with Gasteiger partial charge in [-0.1, -0.05) is 41.5 Å². The molecule has 0 spiro atoms. The summed E-state index contributed by atoms with van der Waals surface area (Å²) in [4.78, 5) is 29.9. The van der Waals surface area contributed by atoms with Gasteiger partial charge in [0.2, 0.25) is 5.91 Å². The molecular formula is C16H29NO4. The summed E-state index contributed by atoms with van der Waals surface area (Å²) in [6, 6.07) is 0. The largest absolute Gasteiger partial charge is 0.363 e. The van der Waals surface area contributed by atoms with Crippen LogP contribution in [0.25, 0.3) is 0 Å². The quantitative estimate of drug-likeness (QED) is 0.851. The molecule has 0 unspecified atom stereocenters. The Morgan fingerprint density at radius 2 is 1.67 bits per heavy atom. The van der Waals surface area contributed by atoms with Gasteiger partial charge in [0.05, 0.1) is 5.54 Å². The molecule has 2 atom stereocenters. The fourth-order valence-electron chi connectivity index (χ4n) is 2.47. The molecule has 1 amide bonds. The zero-order valence-electron chi connectivity index (χ0n) is 14.5. The van der Waals surface area contributed by atoms with E-state index in [4.69, 9.17) is 4.84 Å². The molecular weight excluding hydrogens is 270 g/mol. The fraction of sp³-hybridized carbons (Fsp3) is 0.875. The highest BCUT2D eigenvalue weighted by molar-refractivity contribution is 5.85. The van der Waals surface area contributed by atoms with Crippen LogP contribution in [0.5, 0.6) is 0 Å². The molecule has 1 fully saturated rings. The van der Waals surface area contributed by atoms with Crippen molar-refractivity contribution in [3.8, 4) is 0 Å². The normalized spacial score (nSPS) is 30.6. The van der Waals surface area contributed by atoms with E-state index in [1.54, 1.807) is 6.92 Å². The summed E-state index contributed by atoms with van der Waals surface area (Å²) in [6.07, 6.45) is 0.374. The molecule has 1 N–H and O–H groups in total. The predicted octanol–water partition coefficient (Wildman–Crippen LogP) is 2.67. The second kappa shape index (κ2) is 5.06. The van der Waals surface area contributed by atoms with E-state index >= 15 is 0 Å². The van der Waals surface area contributed by atoms with Crippen LogP contribution in [-0.2, 0) is 14.4 Å². The van der Waals surface area contributed by atoms with Crippen molar-refractivity contribution < 1.29 is 19.5 Å². The minimum Gasteiger partial charge on any atom is -0.363 e. The molecule has 122 valence electrons. The van der Waals surface area contributed by atoms with Crippen LogP contribution in [-0.4, -0.2) is 33.2 Å². The maximum absolute atomic E-state index is 12.4. The molecule has 1 heterocycles. The second-order valence-electron chi connectivity index (χ2n) is 8.46. The highest BCUT2D eigenvalue weighted by Gasteiger charge is 2.59. The number of amides is 1. The van der Waals surface area contributed by atoms with Crippen LogP contribution in [0.4, 0.5) is 0 Å². The average molecular weight is 299 g/mol. The third kappa shape index (κ3) is 3.46. The van der Waals surface area contributed by atoms with Gasteiger partial charge in [-0.15, -0.1) is 0 Å². The fourth-order valence-corrected chi connectivity index (χ4v) is 2.47. The van der Waals surface area contributed by atoms with Crippen LogP contribution in [0.2, 0.25) is 0 Å². The van der Waals surface area contributed by atoms with Crippen molar-refractivity contribution >= 4 is 11.7 Å². The molecule has 1 aliphatic heterocycles. The summed E-state index contributed by atoms with van der Waals surface area (Å²) in [5, 5.41) is 12.0. The lowest BCUT2D eigenvalue weighted by Gasteiger charge is -2.34. The van der Waals surface area contributed by atoms with Crippen molar-refractivity contribution in [1.29, 1.82) is 0 Å². The number of hydrogen-bond acceptors (Lipinski definition) is 4. The first-order chi connectivity index (χ1) is 9.12. The molecule has 0 aliphatic carbocycles. The van der Waals surface area contributed by atoms with Crippen LogP contribution in [0.3, 0.4) is 0 Å². The maximum atomic E-state index is 12.4. The van der Waals surface area contributed by atoms with Crippen LogP contribution < -0.4 is 0 Å². The Morgan fingerprint density at radius 3 is 2.00 bits per heavy atom. The monoisotopic (exact) mass is 299 g/mol. The first-order valence-corrected chi connectivity index (χ1v) is 7.38. The van der Waals surface area contributed by atoms with Crippen molar-refractivity contribution in [3.05, 3.63) is 0 Å². The first-order valence-electron chi connectivity index (χ1n) is 7.38. The van der Waals surface area contributed by atoms with Crippen molar-refractivity contribution in [2.24, 2.45) is 10.8 Å². The van der Waals surface area contributed by atoms with Gasteiger partial charge >= 0.3 is 0 Å². The molecule has 0 aromatic heterocycles. The SMILES string of the molecule is CC(=O)N1O[C@@](O)(C(C)(C)C)C[C@@]1(C)CC(=O)C(C)(C)C. The number of Topliss-reactive ketones (excluding diaryl/α,β-unsaturated/α-hetero) is 1. The van der Waals surface area contributed by atoms with Gasteiger partial charge in [0.25, 0.3) is 0 Å². The van der Waals surface area contributed by atoms with Crippen molar-refractivity contribution in [3.63, 3.8) is 0 Å². The molecule has 0 radical (unpaired) electrons. The molecule has 0 aromatic rings. The number of carbonyl (C=O) groups is 2. The van der Waals surface area contributed by atoms with Gasteiger partial charge in [-0.3, -0.25) is 9.59 Å². The molecule has 0 aromatic carbocycles. The van der Waals surface area contributed by atoms with Gasteiger partial charge in [0, 0.05) is 30.6 Å². The van der Waals surface area contributed by atoms with Crippen LogP contribution >= 0.6 is 0 Å². The number of hydrogen-bond donors (Lipinski definition) is 1. The molecule has 0 saturated carbocycles. The lowest BCUT2D eigenvalue weighted by atomic mass is 9.75. The van der Waals surface area contributed by atoms with E-state index in [9.17, 15) is 14.7 Å². The van der Waals surface area contributed by atoms with Crippen LogP contribution in [0, 0.1) is 10.8 Å². The van der Waals surface area contributed by atoms with Gasteiger partial charge in [0.1, 0.15) is 5.78 Å². The predicted molar refractivity (Wildman–Crippen MR) is 80.1 cm³/mol. The van der Waals surface area contributed by atoms with E-state index in [1.165, 1.54) is 12.0 Å². The number of nitrogens with zero attached hydrogens (tertiary/aromatic N) is 1. The van der Waals surface area contributed by atoms with E-state index in [1.807, 2.05) is 41.5 Å². The van der Waals surface area contributed by atoms with Crippen molar-refractivity contribution in [2.75, 3.05) is 0 Å². The van der Waals surface area contributed by atoms with E-state index in [2.05, 4.69) is 0 Å². The van der Waals surface area contributed by atoms with E-state index < -0.39 is 22.2 Å². The van der Waals surface area contributed by atoms with Gasteiger partial charge in [-0.05, 0) is 6.92 Å². The molecule has 5 nitrogen and oxygen atoms in total. The van der Waals surface area contributed by atoms with Crippen molar-refractivity contribution in [2.45, 2.75) is 79.6 Å². The number of ketones is 1. The zero-order valence-corrected chi connectivity index (χ0v) is 14.5. The first kappa shape index (κ1) is 18.1. The lowest BCUT2D eigenvalue weighted by Crippen LogP contribution is -2.46. The molecule has 1 saturated heterocycles. The topological polar surface area (TPSA) is 66.8 Å². The Balaban J connectivity index is 3.14. The van der Waals surface area contributed by atoms with Crippen molar-refractivity contribution in [1.82, 2.24) is 5.06 Å². The zero-order chi connectivity index (χ0) is 16.9. The minimum atomic E-state index is -1.47. The van der Waals surface area contributed by atoms with Crippen LogP contribution in [0.15, 0.2) is 0 Å². The Labute approximate surface area is 127 Å². The van der Waals surface area contributed by atoms with Gasteiger partial charge in [-0.2, -0.15) is 0 Å². The third-order valence-corrected chi connectivity index (χ3v) is 4.19. The summed E-state index contributed by atoms with van der Waals surface area (Å²) in [5.41, 5.74) is -1.89. The molecule has 21 heavy (non-hydrogen) atoms. The summed E-state index contributed by atoms with van der Waals surface area (Å²) < 4.78 is 0. The van der Waals surface area contributed by atoms with E-state index in [0.717, 1.165) is 0 Å². The Morgan fingerprint density at radius 1 is 1.19 bits per heavy atom. The smallest absolute Gasteiger partial charge is 0.243 e. The second-order valence-corrected chi connectivity index (χ2v) is 8.46. The summed E-state index contributed by atoms with van der Waals surface area (Å²) in [6.45, 7) is 14.3. The van der Waals surface area contributed by atoms with Gasteiger partial charge in [0.15, 0.2) is 5.79 Å². The molecule has 1 rings (SSSR count). The Kier molecular flexibility index (Phi) is 4.36. The van der Waals surface area contributed by atoms with E-state index in [0.29, 0.717) is 0 Å². The van der Waals surface area contributed by atoms with Gasteiger partial charge < -0.3 is 5.11 Å². The summed E-state index contributed by atoms with van der Waals surface area (Å²) >= 11 is 0. The molecule has 5 heteroatoms. The minimum absolute atomic E-state index is 0.0398. The molecule has 1 aliphatic rings. The number of hydroxylamine groups is 2. The lowest BCUT2D eigenvalue weighted by molar-refractivity contribution is -0.316. The maximum Gasteiger partial charge on any atom is 0.243 e. The summed E-state index contributed by atoms with van der Waals surface area (Å²) in [7, 11) is 0. The Hall–Kier alpha value is -0.940. The third-order valence-electron chi connectivity index (χ3n) is 4.19. The number of rotatable bonds is 2. The van der Waals surface area contributed by atoms with Gasteiger partial charge in [-0.25, -0.2) is 9.90 Å². The van der Waals surface area contributed by atoms with Crippen LogP contribution in [0.1, 0.15) is 68.2 Å². The molecule has 0 bridgehead atoms. The Bertz CT molecular complexity index is 446. The summed E-state index contributed by atoms with van der Waals surface area (Å²) in [5.74, 6) is -1.73.